The van der Waals surface area contributed by atoms with Gasteiger partial charge in [0, 0.05) is 24.5 Å². The van der Waals surface area contributed by atoms with Crippen LogP contribution in [0.3, 0.4) is 0 Å². The molecule has 10 heteroatoms. The lowest BCUT2D eigenvalue weighted by atomic mass is 10.1. The molecule has 23 heavy (non-hydrogen) atoms. The smallest absolute Gasteiger partial charge is 0.316 e. The lowest BCUT2D eigenvalue weighted by molar-refractivity contribution is -0.149. The normalized spacial score (nSPS) is 29.3. The molecule has 0 bridgehead atoms. The van der Waals surface area contributed by atoms with Crippen LogP contribution in [-0.4, -0.2) is 57.8 Å². The number of carbonyl (C=O) groups is 5. The summed E-state index contributed by atoms with van der Waals surface area (Å²) in [6.07, 6.45) is 0.973. The van der Waals surface area contributed by atoms with Gasteiger partial charge in [-0.3, -0.25) is 19.2 Å². The van der Waals surface area contributed by atoms with E-state index < -0.39 is 17.7 Å². The van der Waals surface area contributed by atoms with Crippen molar-refractivity contribution in [2.24, 2.45) is 0 Å². The van der Waals surface area contributed by atoms with Gasteiger partial charge in [-0.05, 0) is 6.42 Å². The second kappa shape index (κ2) is 6.19. The fourth-order valence-corrected chi connectivity index (χ4v) is 4.42. The first-order chi connectivity index (χ1) is 10.9. The van der Waals surface area contributed by atoms with Crippen LogP contribution in [0.2, 0.25) is 0 Å². The number of fused-ring (bicyclic) bond motifs is 1. The molecule has 9 nitrogen and oxygen atoms in total. The number of nitrogens with zero attached hydrogens (tertiary/aromatic N) is 1. The summed E-state index contributed by atoms with van der Waals surface area (Å²) >= 11 is 1.51. The van der Waals surface area contributed by atoms with Crippen molar-refractivity contribution in [3.63, 3.8) is 0 Å². The molecule has 0 saturated carbocycles. The zero-order chi connectivity index (χ0) is 16.6. The number of urea groups is 1. The molecule has 3 unspecified atom stereocenters. The summed E-state index contributed by atoms with van der Waals surface area (Å²) in [5.74, 6) is -2.05. The minimum absolute atomic E-state index is 0.0202. The lowest BCUT2D eigenvalue weighted by Gasteiger charge is -2.14. The number of imide groups is 3. The van der Waals surface area contributed by atoms with Crippen molar-refractivity contribution in [2.45, 2.75) is 42.3 Å². The number of hydrogen-bond donors (Lipinski definition) is 3. The van der Waals surface area contributed by atoms with E-state index in [1.165, 1.54) is 11.8 Å². The number of thioether (sulfide) groups is 1. The highest BCUT2D eigenvalue weighted by Gasteiger charge is 2.42. The van der Waals surface area contributed by atoms with Crippen LogP contribution in [0.15, 0.2) is 0 Å². The predicted octanol–water partition coefficient (Wildman–Crippen LogP) is -1.32. The van der Waals surface area contributed by atoms with E-state index in [2.05, 4.69) is 16.0 Å². The Labute approximate surface area is 135 Å². The Morgan fingerprint density at radius 3 is 2.52 bits per heavy atom. The van der Waals surface area contributed by atoms with Crippen LogP contribution in [-0.2, 0) is 19.2 Å². The maximum absolute atomic E-state index is 11.9. The summed E-state index contributed by atoms with van der Waals surface area (Å²) in [5, 5.41) is 8.00. The van der Waals surface area contributed by atoms with Crippen molar-refractivity contribution in [2.75, 3.05) is 6.54 Å². The molecule has 3 rings (SSSR count). The third-order valence-electron chi connectivity index (χ3n) is 3.96. The maximum Gasteiger partial charge on any atom is 0.316 e. The van der Waals surface area contributed by atoms with Crippen molar-refractivity contribution < 1.29 is 24.0 Å². The lowest BCUT2D eigenvalue weighted by Crippen LogP contribution is -2.43. The quantitative estimate of drug-likeness (QED) is 0.545. The van der Waals surface area contributed by atoms with Crippen molar-refractivity contribution in [3.8, 4) is 0 Å². The Balaban J connectivity index is 1.42. The van der Waals surface area contributed by atoms with Crippen molar-refractivity contribution >= 4 is 41.4 Å². The van der Waals surface area contributed by atoms with Gasteiger partial charge >= 0.3 is 6.03 Å². The fourth-order valence-electron chi connectivity index (χ4n) is 2.89. The van der Waals surface area contributed by atoms with Gasteiger partial charge in [0.15, 0.2) is 0 Å². The van der Waals surface area contributed by atoms with Gasteiger partial charge in [0.25, 0.3) is 5.91 Å². The summed E-state index contributed by atoms with van der Waals surface area (Å²) in [6, 6.07) is -0.173. The Hall–Kier alpha value is -2.10. The molecule has 0 spiro atoms. The molecule has 0 aromatic rings. The monoisotopic (exact) mass is 340 g/mol. The molecule has 3 fully saturated rings. The van der Waals surface area contributed by atoms with Crippen LogP contribution >= 0.6 is 11.8 Å². The van der Waals surface area contributed by atoms with E-state index in [1.54, 1.807) is 0 Å². The summed E-state index contributed by atoms with van der Waals surface area (Å²) < 4.78 is 0. The summed E-state index contributed by atoms with van der Waals surface area (Å²) in [4.78, 5) is 58.3. The SMILES string of the molecule is O=C(CC1CC2NC(=O)NC2S1)NCC(=O)N1C(=O)CCC1=O. The molecule has 0 aliphatic carbocycles. The summed E-state index contributed by atoms with van der Waals surface area (Å²) in [5.41, 5.74) is 0. The molecule has 3 atom stereocenters. The van der Waals surface area contributed by atoms with Crippen LogP contribution in [0, 0.1) is 0 Å². The zero-order valence-electron chi connectivity index (χ0n) is 12.2. The minimum Gasteiger partial charge on any atom is -0.347 e. The predicted molar refractivity (Wildman–Crippen MR) is 79.0 cm³/mol. The van der Waals surface area contributed by atoms with Gasteiger partial charge < -0.3 is 16.0 Å². The molecular weight excluding hydrogens is 324 g/mol. The van der Waals surface area contributed by atoms with E-state index in [0.717, 1.165) is 0 Å². The maximum atomic E-state index is 11.9. The second-order valence-corrected chi connectivity index (χ2v) is 7.08. The Morgan fingerprint density at radius 2 is 1.87 bits per heavy atom. The van der Waals surface area contributed by atoms with Crippen LogP contribution < -0.4 is 16.0 Å². The van der Waals surface area contributed by atoms with E-state index in [4.69, 9.17) is 0 Å². The molecule has 3 heterocycles. The van der Waals surface area contributed by atoms with Crippen LogP contribution in [0.5, 0.6) is 0 Å². The third-order valence-corrected chi connectivity index (χ3v) is 5.45. The van der Waals surface area contributed by atoms with Crippen molar-refractivity contribution in [1.29, 1.82) is 0 Å². The molecule has 0 aromatic carbocycles. The van der Waals surface area contributed by atoms with E-state index >= 15 is 0 Å². The molecule has 3 aliphatic heterocycles. The standard InChI is InChI=1S/C13H16N4O5S/c18-8(4-6-3-7-12(23-6)16-13(22)15-7)14-5-11(21)17-9(19)1-2-10(17)20/h6-7,12H,1-5H2,(H,14,18)(H2,15,16,22). The van der Waals surface area contributed by atoms with Crippen LogP contribution in [0.25, 0.3) is 0 Å². The first-order valence-electron chi connectivity index (χ1n) is 7.32. The number of carbonyl (C=O) groups excluding carboxylic acids is 5. The third kappa shape index (κ3) is 3.31. The Kier molecular flexibility index (Phi) is 4.24. The highest BCUT2D eigenvalue weighted by molar-refractivity contribution is 8.00. The van der Waals surface area contributed by atoms with E-state index in [9.17, 15) is 24.0 Å². The van der Waals surface area contributed by atoms with Crippen molar-refractivity contribution in [1.82, 2.24) is 20.9 Å². The van der Waals surface area contributed by atoms with Crippen LogP contribution in [0.1, 0.15) is 25.7 Å². The number of likely N-dealkylation sites (tertiary alicyclic amines) is 1. The topological polar surface area (TPSA) is 125 Å². The molecule has 0 aromatic heterocycles. The highest BCUT2D eigenvalue weighted by atomic mass is 32.2. The molecule has 0 radical (unpaired) electrons. The Bertz CT molecular complexity index is 563. The molecule has 124 valence electrons. The molecule has 3 N–H and O–H groups in total. The van der Waals surface area contributed by atoms with Gasteiger partial charge in [-0.2, -0.15) is 0 Å². The first kappa shape index (κ1) is 15.8. The Morgan fingerprint density at radius 1 is 1.17 bits per heavy atom. The van der Waals surface area contributed by atoms with Gasteiger partial charge in [-0.15, -0.1) is 11.8 Å². The van der Waals surface area contributed by atoms with Crippen molar-refractivity contribution in [3.05, 3.63) is 0 Å². The fraction of sp³-hybridized carbons (Fsp3) is 0.615. The minimum atomic E-state index is -0.698. The average molecular weight is 340 g/mol. The first-order valence-corrected chi connectivity index (χ1v) is 8.26. The second-order valence-electron chi connectivity index (χ2n) is 5.64. The van der Waals surface area contributed by atoms with Gasteiger partial charge in [-0.25, -0.2) is 9.69 Å². The van der Waals surface area contributed by atoms with Gasteiger partial charge in [0.2, 0.25) is 17.7 Å². The largest absolute Gasteiger partial charge is 0.347 e. The molecule has 3 saturated heterocycles. The molecule has 6 amide bonds. The van der Waals surface area contributed by atoms with Gasteiger partial charge in [0.05, 0.1) is 18.0 Å². The van der Waals surface area contributed by atoms with E-state index in [1.807, 2.05) is 0 Å². The molecule has 3 aliphatic rings. The number of amides is 6. The zero-order valence-corrected chi connectivity index (χ0v) is 13.0. The average Bonchev–Trinajstić information content (AvgIpc) is 3.09. The molecular formula is C13H16N4O5S. The number of hydrogen-bond acceptors (Lipinski definition) is 6. The summed E-state index contributed by atoms with van der Waals surface area (Å²) in [6.45, 7) is -0.366. The van der Waals surface area contributed by atoms with Gasteiger partial charge in [-0.1, -0.05) is 0 Å². The van der Waals surface area contributed by atoms with E-state index in [0.29, 0.717) is 11.3 Å². The van der Waals surface area contributed by atoms with Crippen LogP contribution in [0.4, 0.5) is 4.79 Å². The highest BCUT2D eigenvalue weighted by Crippen LogP contribution is 2.36. The summed E-state index contributed by atoms with van der Waals surface area (Å²) in [7, 11) is 0. The number of nitrogens with one attached hydrogen (secondary N) is 3. The van der Waals surface area contributed by atoms with E-state index in [-0.39, 0.29) is 54.4 Å². The number of rotatable bonds is 4. The van der Waals surface area contributed by atoms with Gasteiger partial charge in [0.1, 0.15) is 0 Å².